The summed E-state index contributed by atoms with van der Waals surface area (Å²) in [5, 5.41) is 1.22. The maximum Gasteiger partial charge on any atom is 0.315 e. The highest BCUT2D eigenvalue weighted by Crippen LogP contribution is 2.33. The van der Waals surface area contributed by atoms with Crippen LogP contribution in [0.2, 0.25) is 15.1 Å². The minimum Gasteiger partial charge on any atom is -0.424 e. The van der Waals surface area contributed by atoms with Gasteiger partial charge in [-0.05, 0) is 36.8 Å². The molecule has 2 nitrogen and oxygen atoms in total. The van der Waals surface area contributed by atoms with Gasteiger partial charge in [-0.3, -0.25) is 4.79 Å². The fraction of sp³-hybridized carbons (Fsp3) is 0.133. The van der Waals surface area contributed by atoms with Gasteiger partial charge in [0.1, 0.15) is 0 Å². The monoisotopic (exact) mass is 406 g/mol. The summed E-state index contributed by atoms with van der Waals surface area (Å²) in [5.41, 5.74) is 1.30. The second-order valence-corrected chi connectivity index (χ2v) is 6.52. The van der Waals surface area contributed by atoms with Crippen LogP contribution in [0.3, 0.4) is 0 Å². The molecular weight excluding hydrogens is 398 g/mol. The van der Waals surface area contributed by atoms with Crippen LogP contribution >= 0.6 is 50.7 Å². The highest BCUT2D eigenvalue weighted by atomic mass is 79.9. The molecule has 21 heavy (non-hydrogen) atoms. The summed E-state index contributed by atoms with van der Waals surface area (Å²) in [7, 11) is 0. The van der Waals surface area contributed by atoms with Gasteiger partial charge in [-0.25, -0.2) is 0 Å². The number of halogens is 4. The lowest BCUT2D eigenvalue weighted by Gasteiger charge is -2.11. The molecule has 0 saturated heterocycles. The molecule has 0 bridgehead atoms. The first-order chi connectivity index (χ1) is 9.88. The van der Waals surface area contributed by atoms with Crippen LogP contribution in [-0.2, 0) is 11.2 Å². The Bertz CT molecular complexity index is 658. The van der Waals surface area contributed by atoms with Gasteiger partial charge < -0.3 is 4.74 Å². The zero-order chi connectivity index (χ0) is 15.6. The molecule has 0 aromatic heterocycles. The SMILES string of the molecule is Cc1cc(Br)cc(Cl)c1OC(=O)Cc1c(Cl)cccc1Cl. The van der Waals surface area contributed by atoms with Crippen LogP contribution in [-0.4, -0.2) is 5.97 Å². The summed E-state index contributed by atoms with van der Waals surface area (Å²) in [6.07, 6.45) is -0.0235. The highest BCUT2D eigenvalue weighted by molar-refractivity contribution is 9.10. The molecule has 0 aliphatic carbocycles. The maximum atomic E-state index is 12.1. The van der Waals surface area contributed by atoms with E-state index in [0.717, 1.165) is 10.0 Å². The van der Waals surface area contributed by atoms with Crippen molar-refractivity contribution in [3.8, 4) is 5.75 Å². The van der Waals surface area contributed by atoms with Crippen LogP contribution in [0.25, 0.3) is 0 Å². The van der Waals surface area contributed by atoms with E-state index < -0.39 is 5.97 Å². The van der Waals surface area contributed by atoms with E-state index in [1.54, 1.807) is 24.3 Å². The van der Waals surface area contributed by atoms with E-state index in [2.05, 4.69) is 15.9 Å². The van der Waals surface area contributed by atoms with E-state index in [4.69, 9.17) is 39.5 Å². The second-order valence-electron chi connectivity index (χ2n) is 4.38. The Morgan fingerprint density at radius 1 is 1.14 bits per heavy atom. The first-order valence-electron chi connectivity index (χ1n) is 5.97. The van der Waals surface area contributed by atoms with Gasteiger partial charge in [-0.1, -0.05) is 56.8 Å². The number of carbonyl (C=O) groups is 1. The van der Waals surface area contributed by atoms with E-state index >= 15 is 0 Å². The number of esters is 1. The number of carbonyl (C=O) groups excluding carboxylic acids is 1. The molecule has 2 aromatic carbocycles. The largest absolute Gasteiger partial charge is 0.424 e. The van der Waals surface area contributed by atoms with Crippen LogP contribution < -0.4 is 4.74 Å². The summed E-state index contributed by atoms with van der Waals surface area (Å²) in [6.45, 7) is 1.81. The van der Waals surface area contributed by atoms with Crippen molar-refractivity contribution in [2.75, 3.05) is 0 Å². The van der Waals surface area contributed by atoms with Crippen molar-refractivity contribution in [2.45, 2.75) is 13.3 Å². The van der Waals surface area contributed by atoms with E-state index in [1.807, 2.05) is 13.0 Å². The number of benzene rings is 2. The number of hydrogen-bond acceptors (Lipinski definition) is 2. The molecule has 0 spiro atoms. The molecule has 0 saturated carbocycles. The molecule has 0 N–H and O–H groups in total. The van der Waals surface area contributed by atoms with Crippen LogP contribution in [0.5, 0.6) is 5.75 Å². The Morgan fingerprint density at radius 3 is 2.33 bits per heavy atom. The smallest absolute Gasteiger partial charge is 0.315 e. The van der Waals surface area contributed by atoms with E-state index in [9.17, 15) is 4.79 Å². The molecule has 0 radical (unpaired) electrons. The van der Waals surface area contributed by atoms with Crippen molar-refractivity contribution in [3.05, 3.63) is 61.0 Å². The molecule has 110 valence electrons. The van der Waals surface area contributed by atoms with Gasteiger partial charge in [0, 0.05) is 20.1 Å². The average molecular weight is 409 g/mol. The third-order valence-corrected chi connectivity index (χ3v) is 4.24. The normalized spacial score (nSPS) is 10.5. The molecule has 0 amide bonds. The Morgan fingerprint density at radius 2 is 1.76 bits per heavy atom. The minimum absolute atomic E-state index is 0.0235. The van der Waals surface area contributed by atoms with Gasteiger partial charge in [0.25, 0.3) is 0 Å². The van der Waals surface area contributed by atoms with Gasteiger partial charge in [-0.15, -0.1) is 0 Å². The lowest BCUT2D eigenvalue weighted by atomic mass is 10.1. The zero-order valence-electron chi connectivity index (χ0n) is 10.9. The van der Waals surface area contributed by atoms with Gasteiger partial charge >= 0.3 is 5.97 Å². The van der Waals surface area contributed by atoms with E-state index in [1.165, 1.54) is 0 Å². The third kappa shape index (κ3) is 4.13. The van der Waals surface area contributed by atoms with Crippen molar-refractivity contribution in [3.63, 3.8) is 0 Å². The standard InChI is InChI=1S/C15H10BrCl3O2/c1-8-5-9(16)6-13(19)15(8)21-14(20)7-10-11(17)3-2-4-12(10)18/h2-6H,7H2,1H3. The molecule has 0 aliphatic heterocycles. The van der Waals surface area contributed by atoms with E-state index in [0.29, 0.717) is 26.4 Å². The van der Waals surface area contributed by atoms with Crippen molar-refractivity contribution in [1.82, 2.24) is 0 Å². The lowest BCUT2D eigenvalue weighted by molar-refractivity contribution is -0.133. The first-order valence-corrected chi connectivity index (χ1v) is 7.90. The molecule has 6 heteroatoms. The Labute approximate surface area is 146 Å². The van der Waals surface area contributed by atoms with Crippen LogP contribution in [0.15, 0.2) is 34.8 Å². The summed E-state index contributed by atoms with van der Waals surface area (Å²) < 4.78 is 6.15. The fourth-order valence-electron chi connectivity index (χ4n) is 1.81. The molecule has 0 fully saturated rings. The van der Waals surface area contributed by atoms with E-state index in [-0.39, 0.29) is 6.42 Å². The summed E-state index contributed by atoms with van der Waals surface area (Å²) >= 11 is 21.5. The molecule has 0 atom stereocenters. The van der Waals surface area contributed by atoms with Crippen molar-refractivity contribution in [2.24, 2.45) is 0 Å². The van der Waals surface area contributed by atoms with Gasteiger partial charge in [-0.2, -0.15) is 0 Å². The number of rotatable bonds is 3. The lowest BCUT2D eigenvalue weighted by Crippen LogP contribution is -2.13. The van der Waals surface area contributed by atoms with Crippen LogP contribution in [0.1, 0.15) is 11.1 Å². The first kappa shape index (κ1) is 16.6. The highest BCUT2D eigenvalue weighted by Gasteiger charge is 2.16. The van der Waals surface area contributed by atoms with Crippen LogP contribution in [0, 0.1) is 6.92 Å². The zero-order valence-corrected chi connectivity index (χ0v) is 14.8. The van der Waals surface area contributed by atoms with Gasteiger partial charge in [0.05, 0.1) is 11.4 Å². The van der Waals surface area contributed by atoms with Gasteiger partial charge in [0.2, 0.25) is 0 Å². The third-order valence-electron chi connectivity index (χ3n) is 2.79. The predicted molar refractivity (Wildman–Crippen MR) is 89.7 cm³/mol. The Kier molecular flexibility index (Phi) is 5.55. The number of ether oxygens (including phenoxy) is 1. The topological polar surface area (TPSA) is 26.3 Å². The predicted octanol–water partition coefficient (Wildman–Crippen LogP) is 5.87. The average Bonchev–Trinajstić information content (AvgIpc) is 2.38. The maximum absolute atomic E-state index is 12.1. The van der Waals surface area contributed by atoms with Crippen LogP contribution in [0.4, 0.5) is 0 Å². The molecule has 2 aromatic rings. The summed E-state index contributed by atoms with van der Waals surface area (Å²) in [6, 6.07) is 8.55. The molecular formula is C15H10BrCl3O2. The van der Waals surface area contributed by atoms with Crippen molar-refractivity contribution >= 4 is 56.7 Å². The molecule has 0 heterocycles. The minimum atomic E-state index is -0.475. The number of aryl methyl sites for hydroxylation is 1. The summed E-state index contributed by atoms with van der Waals surface area (Å²) in [5.74, 6) is -0.134. The molecule has 0 unspecified atom stereocenters. The Balaban J connectivity index is 2.20. The molecule has 0 aliphatic rings. The quantitative estimate of drug-likeness (QED) is 0.469. The van der Waals surface area contributed by atoms with Gasteiger partial charge in [0.15, 0.2) is 5.75 Å². The number of hydrogen-bond donors (Lipinski definition) is 0. The Hall–Kier alpha value is -0.740. The van der Waals surface area contributed by atoms with Crippen molar-refractivity contribution in [1.29, 1.82) is 0 Å². The molecule has 2 rings (SSSR count). The fourth-order valence-corrected chi connectivity index (χ4v) is 3.35. The second kappa shape index (κ2) is 7.01. The summed E-state index contributed by atoms with van der Waals surface area (Å²) in [4.78, 5) is 12.1. The van der Waals surface area contributed by atoms with Crippen molar-refractivity contribution < 1.29 is 9.53 Å².